The quantitative estimate of drug-likeness (QED) is 0.533. The lowest BCUT2D eigenvalue weighted by Gasteiger charge is -2.12. The minimum absolute atomic E-state index is 0.0381. The number of hydrogen-bond acceptors (Lipinski definition) is 6. The molecule has 1 saturated carbocycles. The SMILES string of the molecule is CCCCn1c(SCC(=O)NC(=O)NC2CCCC2)nc2cc(S(=O)(=O)N(C)C)ccc21. The first-order valence-corrected chi connectivity index (χ1v) is 13.3. The molecule has 0 bridgehead atoms. The van der Waals surface area contributed by atoms with Crippen LogP contribution in [-0.2, 0) is 21.4 Å². The molecule has 3 rings (SSSR count). The number of nitrogens with one attached hydrogen (secondary N) is 2. The largest absolute Gasteiger partial charge is 0.335 e. The number of nitrogens with zero attached hydrogens (tertiary/aromatic N) is 3. The van der Waals surface area contributed by atoms with Gasteiger partial charge in [-0.15, -0.1) is 0 Å². The summed E-state index contributed by atoms with van der Waals surface area (Å²) in [4.78, 5) is 29.1. The number of aryl methyl sites for hydroxylation is 1. The van der Waals surface area contributed by atoms with E-state index in [0.717, 1.165) is 44.0 Å². The van der Waals surface area contributed by atoms with Gasteiger partial charge in [0.25, 0.3) is 0 Å². The number of sulfonamides is 1. The molecular weight excluding hydrogens is 450 g/mol. The van der Waals surface area contributed by atoms with Gasteiger partial charge in [-0.2, -0.15) is 0 Å². The number of fused-ring (bicyclic) bond motifs is 1. The Kier molecular flexibility index (Phi) is 8.18. The number of carbonyl (C=O) groups excluding carboxylic acids is 2. The van der Waals surface area contributed by atoms with Gasteiger partial charge in [0.2, 0.25) is 15.9 Å². The maximum Gasteiger partial charge on any atom is 0.321 e. The second-order valence-electron chi connectivity index (χ2n) is 8.13. The molecule has 1 aliphatic carbocycles. The lowest BCUT2D eigenvalue weighted by molar-refractivity contribution is -0.117. The fourth-order valence-electron chi connectivity index (χ4n) is 3.69. The predicted molar refractivity (Wildman–Crippen MR) is 125 cm³/mol. The van der Waals surface area contributed by atoms with Gasteiger partial charge in [-0.3, -0.25) is 10.1 Å². The van der Waals surface area contributed by atoms with Gasteiger partial charge in [0.05, 0.1) is 21.7 Å². The van der Waals surface area contributed by atoms with Crippen molar-refractivity contribution in [2.24, 2.45) is 0 Å². The molecule has 9 nitrogen and oxygen atoms in total. The van der Waals surface area contributed by atoms with Crippen LogP contribution in [0, 0.1) is 0 Å². The molecule has 0 saturated heterocycles. The van der Waals surface area contributed by atoms with E-state index in [-0.39, 0.29) is 16.7 Å². The van der Waals surface area contributed by atoms with E-state index in [4.69, 9.17) is 0 Å². The Morgan fingerprint density at radius 3 is 2.62 bits per heavy atom. The van der Waals surface area contributed by atoms with E-state index in [0.29, 0.717) is 17.2 Å². The fraction of sp³-hybridized carbons (Fsp3) is 0.571. The smallest absolute Gasteiger partial charge is 0.321 e. The lowest BCUT2D eigenvalue weighted by atomic mass is 10.2. The summed E-state index contributed by atoms with van der Waals surface area (Å²) in [5.41, 5.74) is 1.38. The number of carbonyl (C=O) groups is 2. The number of unbranched alkanes of at least 4 members (excludes halogenated alkanes) is 1. The van der Waals surface area contributed by atoms with Crippen LogP contribution in [-0.4, -0.2) is 60.1 Å². The standard InChI is InChI=1S/C21H31N5O4S2/c1-4-5-12-26-18-11-10-16(32(29,30)25(2)3)13-17(18)23-21(26)31-14-19(27)24-20(28)22-15-8-6-7-9-15/h10-11,13,15H,4-9,12,14H2,1-3H3,(H2,22,24,27,28). The molecule has 1 heterocycles. The number of urea groups is 1. The average molecular weight is 482 g/mol. The van der Waals surface area contributed by atoms with Gasteiger partial charge in [0.1, 0.15) is 0 Å². The zero-order chi connectivity index (χ0) is 23.3. The molecule has 1 aromatic carbocycles. The molecule has 2 aromatic rings. The monoisotopic (exact) mass is 481 g/mol. The predicted octanol–water partition coefficient (Wildman–Crippen LogP) is 2.95. The molecule has 0 unspecified atom stereocenters. The van der Waals surface area contributed by atoms with Crippen molar-refractivity contribution in [2.75, 3.05) is 19.8 Å². The Morgan fingerprint density at radius 2 is 1.97 bits per heavy atom. The van der Waals surface area contributed by atoms with E-state index >= 15 is 0 Å². The molecule has 0 radical (unpaired) electrons. The summed E-state index contributed by atoms with van der Waals surface area (Å²) in [5, 5.41) is 5.84. The Bertz CT molecular complexity index is 1080. The van der Waals surface area contributed by atoms with Gasteiger partial charge in [-0.1, -0.05) is 37.9 Å². The molecule has 0 spiro atoms. The van der Waals surface area contributed by atoms with Crippen LogP contribution >= 0.6 is 11.8 Å². The molecule has 0 aliphatic heterocycles. The van der Waals surface area contributed by atoms with Gasteiger partial charge >= 0.3 is 6.03 Å². The first-order valence-electron chi connectivity index (χ1n) is 10.9. The highest BCUT2D eigenvalue weighted by Crippen LogP contribution is 2.27. The van der Waals surface area contributed by atoms with Crippen LogP contribution in [0.3, 0.4) is 0 Å². The van der Waals surface area contributed by atoms with Crippen LogP contribution < -0.4 is 10.6 Å². The summed E-state index contributed by atoms with van der Waals surface area (Å²) in [7, 11) is -0.593. The lowest BCUT2D eigenvalue weighted by Crippen LogP contribution is -2.44. The summed E-state index contributed by atoms with van der Waals surface area (Å²) in [6, 6.07) is 4.58. The molecule has 176 valence electrons. The third-order valence-electron chi connectivity index (χ3n) is 5.47. The first-order chi connectivity index (χ1) is 15.2. The minimum atomic E-state index is -3.57. The van der Waals surface area contributed by atoms with E-state index < -0.39 is 22.0 Å². The second-order valence-corrected chi connectivity index (χ2v) is 11.2. The Balaban J connectivity index is 1.73. The van der Waals surface area contributed by atoms with Crippen molar-refractivity contribution in [2.45, 2.75) is 68.1 Å². The van der Waals surface area contributed by atoms with E-state index in [2.05, 4.69) is 22.5 Å². The third kappa shape index (κ3) is 5.81. The third-order valence-corrected chi connectivity index (χ3v) is 8.26. The summed E-state index contributed by atoms with van der Waals surface area (Å²) in [6.45, 7) is 2.79. The van der Waals surface area contributed by atoms with Crippen molar-refractivity contribution in [1.29, 1.82) is 0 Å². The van der Waals surface area contributed by atoms with E-state index in [1.165, 1.54) is 30.2 Å². The van der Waals surface area contributed by atoms with Gasteiger partial charge in [0.15, 0.2) is 5.16 Å². The second kappa shape index (κ2) is 10.7. The minimum Gasteiger partial charge on any atom is -0.335 e. The summed E-state index contributed by atoms with van der Waals surface area (Å²) >= 11 is 1.24. The number of benzene rings is 1. The average Bonchev–Trinajstić information content (AvgIpc) is 3.37. The van der Waals surface area contributed by atoms with Crippen molar-refractivity contribution in [3.8, 4) is 0 Å². The van der Waals surface area contributed by atoms with Gasteiger partial charge in [0, 0.05) is 26.7 Å². The van der Waals surface area contributed by atoms with E-state index in [9.17, 15) is 18.0 Å². The summed E-state index contributed by atoms with van der Waals surface area (Å²) in [6.07, 6.45) is 6.00. The number of imide groups is 1. The highest BCUT2D eigenvalue weighted by molar-refractivity contribution is 7.99. The number of amides is 3. The Labute approximate surface area is 193 Å². The van der Waals surface area contributed by atoms with Crippen LogP contribution in [0.1, 0.15) is 45.4 Å². The number of rotatable bonds is 9. The van der Waals surface area contributed by atoms with Gasteiger partial charge in [-0.05, 0) is 37.5 Å². The molecule has 3 amide bonds. The highest BCUT2D eigenvalue weighted by Gasteiger charge is 2.21. The van der Waals surface area contributed by atoms with Crippen LogP contribution in [0.5, 0.6) is 0 Å². The summed E-state index contributed by atoms with van der Waals surface area (Å²) < 4.78 is 28.1. The van der Waals surface area contributed by atoms with Gasteiger partial charge in [-0.25, -0.2) is 22.5 Å². The van der Waals surface area contributed by atoms with Gasteiger partial charge < -0.3 is 9.88 Å². The van der Waals surface area contributed by atoms with Crippen molar-refractivity contribution in [1.82, 2.24) is 24.5 Å². The normalized spacial score (nSPS) is 14.9. The first kappa shape index (κ1) is 24.5. The van der Waals surface area contributed by atoms with E-state index in [1.54, 1.807) is 18.2 Å². The molecule has 2 N–H and O–H groups in total. The van der Waals surface area contributed by atoms with E-state index in [1.807, 2.05) is 4.57 Å². The Hall–Kier alpha value is -2.11. The van der Waals surface area contributed by atoms with Crippen molar-refractivity contribution in [3.05, 3.63) is 18.2 Å². The molecule has 32 heavy (non-hydrogen) atoms. The van der Waals surface area contributed by atoms with Crippen molar-refractivity contribution < 1.29 is 18.0 Å². The molecule has 11 heteroatoms. The molecule has 1 aromatic heterocycles. The number of imidazole rings is 1. The number of aromatic nitrogens is 2. The zero-order valence-electron chi connectivity index (χ0n) is 18.8. The van der Waals surface area contributed by atoms with Crippen molar-refractivity contribution >= 4 is 44.8 Å². The summed E-state index contributed by atoms with van der Waals surface area (Å²) in [5.74, 6) is -0.355. The highest BCUT2D eigenvalue weighted by atomic mass is 32.2. The maximum absolute atomic E-state index is 12.5. The van der Waals surface area contributed by atoms with Crippen LogP contribution in [0.2, 0.25) is 0 Å². The molecule has 1 fully saturated rings. The number of hydrogen-bond donors (Lipinski definition) is 2. The van der Waals surface area contributed by atoms with Crippen LogP contribution in [0.25, 0.3) is 11.0 Å². The van der Waals surface area contributed by atoms with Crippen molar-refractivity contribution in [3.63, 3.8) is 0 Å². The topological polar surface area (TPSA) is 113 Å². The fourth-order valence-corrected chi connectivity index (χ4v) is 5.45. The molecular formula is C21H31N5O4S2. The maximum atomic E-state index is 12.5. The number of thioether (sulfide) groups is 1. The zero-order valence-corrected chi connectivity index (χ0v) is 20.4. The Morgan fingerprint density at radius 1 is 1.25 bits per heavy atom. The van der Waals surface area contributed by atoms with Crippen LogP contribution in [0.4, 0.5) is 4.79 Å². The van der Waals surface area contributed by atoms with Crippen LogP contribution in [0.15, 0.2) is 28.3 Å². The molecule has 1 aliphatic rings. The molecule has 0 atom stereocenters.